The SMILES string of the molecule is N[C@@H](c1cccc(-c2ccccc2)c1O)C(F)(F)F. The van der Waals surface area contributed by atoms with Crippen molar-refractivity contribution in [2.75, 3.05) is 0 Å². The van der Waals surface area contributed by atoms with E-state index in [0.29, 0.717) is 11.1 Å². The Morgan fingerprint density at radius 2 is 1.58 bits per heavy atom. The van der Waals surface area contributed by atoms with Gasteiger partial charge in [-0.1, -0.05) is 48.5 Å². The van der Waals surface area contributed by atoms with Crippen LogP contribution in [0.2, 0.25) is 0 Å². The summed E-state index contributed by atoms with van der Waals surface area (Å²) in [6.45, 7) is 0. The maximum Gasteiger partial charge on any atom is 0.407 e. The van der Waals surface area contributed by atoms with E-state index in [1.807, 2.05) is 0 Å². The number of hydrogen-bond acceptors (Lipinski definition) is 2. The smallest absolute Gasteiger partial charge is 0.407 e. The average Bonchev–Trinajstić information content (AvgIpc) is 2.38. The number of hydrogen-bond donors (Lipinski definition) is 2. The van der Waals surface area contributed by atoms with E-state index in [0.717, 1.165) is 0 Å². The van der Waals surface area contributed by atoms with Gasteiger partial charge in [-0.05, 0) is 5.56 Å². The number of para-hydroxylation sites is 1. The molecule has 0 saturated carbocycles. The van der Waals surface area contributed by atoms with Gasteiger partial charge in [0.25, 0.3) is 0 Å². The van der Waals surface area contributed by atoms with Crippen LogP contribution in [-0.2, 0) is 0 Å². The number of nitrogens with two attached hydrogens (primary N) is 1. The Hall–Kier alpha value is -2.01. The van der Waals surface area contributed by atoms with Crippen LogP contribution in [0.25, 0.3) is 11.1 Å². The molecule has 19 heavy (non-hydrogen) atoms. The highest BCUT2D eigenvalue weighted by atomic mass is 19.4. The van der Waals surface area contributed by atoms with Crippen molar-refractivity contribution in [3.05, 3.63) is 54.1 Å². The van der Waals surface area contributed by atoms with E-state index in [1.54, 1.807) is 36.4 Å². The molecule has 2 nitrogen and oxygen atoms in total. The third kappa shape index (κ3) is 2.71. The topological polar surface area (TPSA) is 46.2 Å². The molecule has 0 heterocycles. The molecule has 3 N–H and O–H groups in total. The molecule has 0 spiro atoms. The normalized spacial score (nSPS) is 13.3. The number of aromatic hydroxyl groups is 1. The second-order valence-corrected chi connectivity index (χ2v) is 4.13. The first-order valence-electron chi connectivity index (χ1n) is 5.61. The fourth-order valence-corrected chi connectivity index (χ4v) is 1.84. The molecule has 100 valence electrons. The van der Waals surface area contributed by atoms with Gasteiger partial charge in [0, 0.05) is 11.1 Å². The minimum Gasteiger partial charge on any atom is -0.507 e. The van der Waals surface area contributed by atoms with Gasteiger partial charge in [-0.25, -0.2) is 0 Å². The monoisotopic (exact) mass is 267 g/mol. The molecular weight excluding hydrogens is 255 g/mol. The number of phenols is 1. The van der Waals surface area contributed by atoms with Gasteiger partial charge in [-0.2, -0.15) is 13.2 Å². The second kappa shape index (κ2) is 4.93. The van der Waals surface area contributed by atoms with Gasteiger partial charge in [0.15, 0.2) is 0 Å². The van der Waals surface area contributed by atoms with Crippen LogP contribution >= 0.6 is 0 Å². The van der Waals surface area contributed by atoms with E-state index in [2.05, 4.69) is 0 Å². The quantitative estimate of drug-likeness (QED) is 0.872. The number of rotatable bonds is 2. The fraction of sp³-hybridized carbons (Fsp3) is 0.143. The third-order valence-corrected chi connectivity index (χ3v) is 2.84. The predicted molar refractivity (Wildman–Crippen MR) is 66.5 cm³/mol. The molecule has 0 aromatic heterocycles. The molecule has 2 aromatic carbocycles. The van der Waals surface area contributed by atoms with E-state index in [-0.39, 0.29) is 5.56 Å². The molecule has 0 aliphatic heterocycles. The Kier molecular flexibility index (Phi) is 3.48. The molecule has 0 amide bonds. The van der Waals surface area contributed by atoms with Crippen molar-refractivity contribution in [1.82, 2.24) is 0 Å². The molecule has 0 fully saturated rings. The van der Waals surface area contributed by atoms with Gasteiger partial charge in [0.05, 0.1) is 0 Å². The Morgan fingerprint density at radius 3 is 2.16 bits per heavy atom. The van der Waals surface area contributed by atoms with Crippen LogP contribution in [0.3, 0.4) is 0 Å². The number of halogens is 3. The number of alkyl halides is 3. The summed E-state index contributed by atoms with van der Waals surface area (Å²) < 4.78 is 37.8. The van der Waals surface area contributed by atoms with Crippen LogP contribution in [0.15, 0.2) is 48.5 Å². The average molecular weight is 267 g/mol. The standard InChI is InChI=1S/C14H12F3NO/c15-14(16,17)13(18)11-8-4-7-10(12(11)19)9-5-2-1-3-6-9/h1-8,13,19H,18H2/t13-/m0/s1. The molecule has 0 saturated heterocycles. The summed E-state index contributed by atoms with van der Waals surface area (Å²) in [5.74, 6) is -0.432. The summed E-state index contributed by atoms with van der Waals surface area (Å²) in [5.41, 5.74) is 5.78. The van der Waals surface area contributed by atoms with Crippen LogP contribution in [0.4, 0.5) is 13.2 Å². The van der Waals surface area contributed by atoms with Crippen LogP contribution < -0.4 is 5.73 Å². The summed E-state index contributed by atoms with van der Waals surface area (Å²) in [7, 11) is 0. The Balaban J connectivity index is 2.51. The lowest BCUT2D eigenvalue weighted by molar-refractivity contribution is -0.149. The zero-order valence-electron chi connectivity index (χ0n) is 9.85. The number of benzene rings is 2. The van der Waals surface area contributed by atoms with Crippen molar-refractivity contribution in [2.45, 2.75) is 12.2 Å². The van der Waals surface area contributed by atoms with Gasteiger partial charge >= 0.3 is 6.18 Å². The highest BCUT2D eigenvalue weighted by Crippen LogP contribution is 2.39. The first-order chi connectivity index (χ1) is 8.91. The molecule has 5 heteroatoms. The van der Waals surface area contributed by atoms with Crippen LogP contribution in [-0.4, -0.2) is 11.3 Å². The maximum atomic E-state index is 12.6. The molecule has 0 aliphatic rings. The fourth-order valence-electron chi connectivity index (χ4n) is 1.84. The lowest BCUT2D eigenvalue weighted by atomic mass is 9.98. The zero-order valence-corrected chi connectivity index (χ0v) is 9.85. The molecule has 2 aromatic rings. The third-order valence-electron chi connectivity index (χ3n) is 2.84. The minimum atomic E-state index is -4.59. The van der Waals surface area contributed by atoms with Gasteiger partial charge in [0.1, 0.15) is 11.8 Å². The van der Waals surface area contributed by atoms with Gasteiger partial charge in [-0.3, -0.25) is 0 Å². The van der Waals surface area contributed by atoms with Gasteiger partial charge < -0.3 is 10.8 Å². The Labute approximate surface area is 108 Å². The van der Waals surface area contributed by atoms with E-state index < -0.39 is 18.0 Å². The van der Waals surface area contributed by atoms with E-state index in [9.17, 15) is 18.3 Å². The predicted octanol–water partition coefficient (Wildman–Crippen LogP) is 3.62. The van der Waals surface area contributed by atoms with Crippen molar-refractivity contribution in [2.24, 2.45) is 5.73 Å². The van der Waals surface area contributed by atoms with E-state index in [4.69, 9.17) is 5.73 Å². The van der Waals surface area contributed by atoms with Crippen molar-refractivity contribution < 1.29 is 18.3 Å². The molecular formula is C14H12F3NO. The van der Waals surface area contributed by atoms with Crippen molar-refractivity contribution in [3.8, 4) is 16.9 Å². The Morgan fingerprint density at radius 1 is 0.947 bits per heavy atom. The maximum absolute atomic E-state index is 12.6. The van der Waals surface area contributed by atoms with Crippen molar-refractivity contribution >= 4 is 0 Å². The molecule has 0 radical (unpaired) electrons. The zero-order chi connectivity index (χ0) is 14.0. The summed E-state index contributed by atoms with van der Waals surface area (Å²) in [6.07, 6.45) is -4.59. The molecule has 0 aliphatic carbocycles. The first kappa shape index (κ1) is 13.4. The van der Waals surface area contributed by atoms with Crippen LogP contribution in [0.1, 0.15) is 11.6 Å². The Bertz CT molecular complexity index is 567. The molecule has 0 unspecified atom stereocenters. The lowest BCUT2D eigenvalue weighted by Gasteiger charge is -2.18. The number of phenolic OH excluding ortho intramolecular Hbond substituents is 1. The largest absolute Gasteiger partial charge is 0.507 e. The first-order valence-corrected chi connectivity index (χ1v) is 5.61. The summed E-state index contributed by atoms with van der Waals surface area (Å²) in [5, 5.41) is 10.00. The van der Waals surface area contributed by atoms with Gasteiger partial charge in [-0.15, -0.1) is 0 Å². The summed E-state index contributed by atoms with van der Waals surface area (Å²) in [6, 6.07) is 10.7. The van der Waals surface area contributed by atoms with Crippen LogP contribution in [0.5, 0.6) is 5.75 Å². The highest BCUT2D eigenvalue weighted by molar-refractivity contribution is 5.72. The van der Waals surface area contributed by atoms with Crippen molar-refractivity contribution in [3.63, 3.8) is 0 Å². The second-order valence-electron chi connectivity index (χ2n) is 4.13. The van der Waals surface area contributed by atoms with E-state index in [1.165, 1.54) is 12.1 Å². The highest BCUT2D eigenvalue weighted by Gasteiger charge is 2.39. The summed E-state index contributed by atoms with van der Waals surface area (Å²) >= 11 is 0. The lowest BCUT2D eigenvalue weighted by Crippen LogP contribution is -2.28. The van der Waals surface area contributed by atoms with Crippen LogP contribution in [0, 0.1) is 0 Å². The summed E-state index contributed by atoms with van der Waals surface area (Å²) in [4.78, 5) is 0. The minimum absolute atomic E-state index is 0.325. The van der Waals surface area contributed by atoms with Gasteiger partial charge in [0.2, 0.25) is 0 Å². The molecule has 1 atom stereocenters. The molecule has 0 bridgehead atoms. The van der Waals surface area contributed by atoms with E-state index >= 15 is 0 Å². The van der Waals surface area contributed by atoms with Crippen molar-refractivity contribution in [1.29, 1.82) is 0 Å². The molecule has 2 rings (SSSR count).